The molecule has 1 amide bonds. The Labute approximate surface area is 189 Å². The van der Waals surface area contributed by atoms with Crippen molar-refractivity contribution in [1.29, 1.82) is 0 Å². The highest BCUT2D eigenvalue weighted by Crippen LogP contribution is 2.35. The third kappa shape index (κ3) is 5.15. The van der Waals surface area contributed by atoms with Crippen molar-refractivity contribution >= 4 is 34.1 Å². The number of rotatable bonds is 10. The van der Waals surface area contributed by atoms with Crippen molar-refractivity contribution in [2.75, 3.05) is 20.0 Å². The molecule has 0 aliphatic carbocycles. The van der Waals surface area contributed by atoms with Crippen molar-refractivity contribution in [3.63, 3.8) is 0 Å². The number of nitrogens with one attached hydrogen (secondary N) is 1. The van der Waals surface area contributed by atoms with Crippen molar-refractivity contribution in [3.8, 4) is 0 Å². The highest BCUT2D eigenvalue weighted by Gasteiger charge is 2.50. The summed E-state index contributed by atoms with van der Waals surface area (Å²) in [6, 6.07) is 7.94. The predicted octanol–water partition coefficient (Wildman–Crippen LogP) is 2.68. The first kappa shape index (κ1) is 24.2. The Morgan fingerprint density at radius 2 is 1.97 bits per heavy atom. The molecule has 1 aliphatic heterocycles. The summed E-state index contributed by atoms with van der Waals surface area (Å²) < 4.78 is 29.9. The number of carbonyl (C=O) groups excluding carboxylic acids is 3. The minimum Gasteiger partial charge on any atom is -0.463 e. The number of Topliss-reactive ketones (excluding diaryl/α,β-unsaturated/α-hetero) is 1. The molecule has 1 N–H and O–H groups in total. The third-order valence-electron chi connectivity index (χ3n) is 5.55. The Bertz CT molecular complexity index is 1070. The Morgan fingerprint density at radius 3 is 2.67 bits per heavy atom. The monoisotopic (exact) mass is 461 g/mol. The number of benzene rings is 1. The number of nitrogens with zero attached hydrogens (tertiary/aromatic N) is 2. The molecular formula is C23H25F2N3O5. The largest absolute Gasteiger partial charge is 0.463 e. The van der Waals surface area contributed by atoms with E-state index in [1.54, 1.807) is 20.0 Å². The number of ether oxygens (including phenoxy) is 1. The average molecular weight is 461 g/mol. The number of hydrogen-bond donors (Lipinski definition) is 1. The number of halogens is 2. The first-order chi connectivity index (χ1) is 15.8. The van der Waals surface area contributed by atoms with E-state index >= 15 is 0 Å². The molecule has 2 atom stereocenters. The van der Waals surface area contributed by atoms with E-state index in [1.807, 2.05) is 30.3 Å². The number of oxime groups is 1. The summed E-state index contributed by atoms with van der Waals surface area (Å²) in [6.45, 7) is 0.717. The normalized spacial score (nSPS) is 18.5. The summed E-state index contributed by atoms with van der Waals surface area (Å²) >= 11 is 0. The van der Waals surface area contributed by atoms with Gasteiger partial charge in [0.1, 0.15) is 31.7 Å². The zero-order valence-electron chi connectivity index (χ0n) is 18.3. The molecule has 0 fully saturated rings. The van der Waals surface area contributed by atoms with Crippen LogP contribution >= 0.6 is 0 Å². The second kappa shape index (κ2) is 10.5. The maximum absolute atomic E-state index is 13.3. The molecule has 1 aromatic heterocycles. The summed E-state index contributed by atoms with van der Waals surface area (Å²) in [7, 11) is 0. The van der Waals surface area contributed by atoms with Crippen molar-refractivity contribution in [1.82, 2.24) is 10.3 Å². The Balaban J connectivity index is 1.82. The van der Waals surface area contributed by atoms with E-state index in [1.165, 1.54) is 0 Å². The van der Waals surface area contributed by atoms with Gasteiger partial charge in [-0.2, -0.15) is 0 Å². The molecule has 176 valence electrons. The van der Waals surface area contributed by atoms with Crippen molar-refractivity contribution < 1.29 is 32.7 Å². The fourth-order valence-electron chi connectivity index (χ4n) is 3.62. The second-order valence-corrected chi connectivity index (χ2v) is 7.97. The quantitative estimate of drug-likeness (QED) is 0.545. The van der Waals surface area contributed by atoms with Crippen LogP contribution in [0, 0.1) is 5.92 Å². The van der Waals surface area contributed by atoms with E-state index in [0.717, 1.165) is 10.8 Å². The average Bonchev–Trinajstić information content (AvgIpc) is 3.28. The number of amides is 1. The Hall–Kier alpha value is -3.43. The molecule has 0 saturated carbocycles. The topological polar surface area (TPSA) is 107 Å². The fourth-order valence-corrected chi connectivity index (χ4v) is 3.62. The van der Waals surface area contributed by atoms with Crippen LogP contribution in [0.15, 0.2) is 41.7 Å². The molecule has 2 aromatic rings. The lowest BCUT2D eigenvalue weighted by Crippen LogP contribution is -2.55. The van der Waals surface area contributed by atoms with E-state index in [4.69, 9.17) is 4.84 Å². The molecule has 33 heavy (non-hydrogen) atoms. The van der Waals surface area contributed by atoms with E-state index in [2.05, 4.69) is 20.2 Å². The van der Waals surface area contributed by atoms with Crippen LogP contribution in [-0.4, -0.2) is 60.0 Å². The molecular weight excluding hydrogens is 436 g/mol. The standard InChI is InChI=1S/C23H25F2N3O5/c1-14(2)23(22(31)27-17(19(29)13-25)11-20(30)32-10-8-24)12-18(28-33-23)21-16-6-4-3-5-15(16)7-9-26-21/h3-7,9,14,17H,8,10-13H2,1-2H3,(H,27,31)/t17-,23?/m0/s1. The van der Waals surface area contributed by atoms with Crippen LogP contribution in [0.2, 0.25) is 0 Å². The Kier molecular flexibility index (Phi) is 7.67. The van der Waals surface area contributed by atoms with Gasteiger partial charge in [-0.05, 0) is 11.5 Å². The lowest BCUT2D eigenvalue weighted by atomic mass is 9.83. The lowest BCUT2D eigenvalue weighted by molar-refractivity contribution is -0.153. The van der Waals surface area contributed by atoms with Crippen LogP contribution in [0.3, 0.4) is 0 Å². The van der Waals surface area contributed by atoms with Gasteiger partial charge in [-0.3, -0.25) is 19.4 Å². The van der Waals surface area contributed by atoms with Gasteiger partial charge >= 0.3 is 5.97 Å². The number of aromatic nitrogens is 1. The van der Waals surface area contributed by atoms with Gasteiger partial charge in [0.15, 0.2) is 5.78 Å². The molecule has 1 aliphatic rings. The van der Waals surface area contributed by atoms with Crippen LogP contribution in [0.25, 0.3) is 10.8 Å². The van der Waals surface area contributed by atoms with Gasteiger partial charge in [-0.15, -0.1) is 0 Å². The van der Waals surface area contributed by atoms with Crippen LogP contribution in [-0.2, 0) is 24.0 Å². The number of pyridine rings is 1. The molecule has 0 bridgehead atoms. The van der Waals surface area contributed by atoms with Crippen molar-refractivity contribution in [2.24, 2.45) is 11.1 Å². The molecule has 10 heteroatoms. The van der Waals surface area contributed by atoms with Crippen molar-refractivity contribution in [2.45, 2.75) is 38.3 Å². The van der Waals surface area contributed by atoms with E-state index in [0.29, 0.717) is 11.4 Å². The molecule has 0 saturated heterocycles. The predicted molar refractivity (Wildman–Crippen MR) is 116 cm³/mol. The Morgan fingerprint density at radius 1 is 1.21 bits per heavy atom. The van der Waals surface area contributed by atoms with Crippen LogP contribution in [0.4, 0.5) is 8.78 Å². The van der Waals surface area contributed by atoms with Crippen LogP contribution in [0.1, 0.15) is 32.4 Å². The summed E-state index contributed by atoms with van der Waals surface area (Å²) in [5.74, 6) is -3.05. The summed E-state index contributed by atoms with van der Waals surface area (Å²) in [5, 5.41) is 8.31. The highest BCUT2D eigenvalue weighted by atomic mass is 19.1. The number of esters is 1. The zero-order chi connectivity index (χ0) is 24.0. The number of hydrogen-bond acceptors (Lipinski definition) is 7. The molecule has 1 aromatic carbocycles. The number of ketones is 1. The minimum absolute atomic E-state index is 0.0559. The van der Waals surface area contributed by atoms with Gasteiger partial charge in [0.25, 0.3) is 5.91 Å². The third-order valence-corrected chi connectivity index (χ3v) is 5.55. The molecule has 8 nitrogen and oxygen atoms in total. The zero-order valence-corrected chi connectivity index (χ0v) is 18.3. The number of alkyl halides is 2. The van der Waals surface area contributed by atoms with Gasteiger partial charge < -0.3 is 14.9 Å². The van der Waals surface area contributed by atoms with Gasteiger partial charge in [0.2, 0.25) is 5.60 Å². The molecule has 2 heterocycles. The minimum atomic E-state index is -1.49. The van der Waals surface area contributed by atoms with Gasteiger partial charge in [-0.25, -0.2) is 8.78 Å². The maximum atomic E-state index is 13.3. The SMILES string of the molecule is CC(C)C1(C(=O)N[C@@H](CC(=O)OCCF)C(=O)CF)CC(c2nccc3ccccc23)=NO1. The first-order valence-electron chi connectivity index (χ1n) is 10.5. The molecule has 3 rings (SSSR count). The van der Waals surface area contributed by atoms with E-state index in [9.17, 15) is 23.2 Å². The summed E-state index contributed by atoms with van der Waals surface area (Å²) in [6.07, 6.45) is 1.07. The van der Waals surface area contributed by atoms with E-state index in [-0.39, 0.29) is 6.42 Å². The van der Waals surface area contributed by atoms with Crippen LogP contribution in [0.5, 0.6) is 0 Å². The number of fused-ring (bicyclic) bond motifs is 1. The van der Waals surface area contributed by atoms with Crippen molar-refractivity contribution in [3.05, 3.63) is 42.2 Å². The van der Waals surface area contributed by atoms with Gasteiger partial charge in [-0.1, -0.05) is 43.3 Å². The molecule has 0 radical (unpaired) electrons. The smallest absolute Gasteiger partial charge is 0.308 e. The summed E-state index contributed by atoms with van der Waals surface area (Å²) in [4.78, 5) is 47.2. The fraction of sp³-hybridized carbons (Fsp3) is 0.435. The summed E-state index contributed by atoms with van der Waals surface area (Å²) in [5.41, 5.74) is -0.480. The highest BCUT2D eigenvalue weighted by molar-refractivity contribution is 6.12. The lowest BCUT2D eigenvalue weighted by Gasteiger charge is -2.30. The van der Waals surface area contributed by atoms with E-state index < -0.39 is 61.6 Å². The molecule has 1 unspecified atom stereocenters. The first-order valence-corrected chi connectivity index (χ1v) is 10.5. The van der Waals surface area contributed by atoms with Gasteiger partial charge in [0.05, 0.1) is 12.1 Å². The molecule has 0 spiro atoms. The second-order valence-electron chi connectivity index (χ2n) is 7.97. The number of carbonyl (C=O) groups is 3. The van der Waals surface area contributed by atoms with Gasteiger partial charge in [0, 0.05) is 23.9 Å². The maximum Gasteiger partial charge on any atom is 0.308 e. The van der Waals surface area contributed by atoms with Crippen LogP contribution < -0.4 is 5.32 Å².